The van der Waals surface area contributed by atoms with Gasteiger partial charge in [0, 0.05) is 12.1 Å². The van der Waals surface area contributed by atoms with E-state index in [1.165, 1.54) is 12.0 Å². The fourth-order valence-electron chi connectivity index (χ4n) is 3.12. The summed E-state index contributed by atoms with van der Waals surface area (Å²) in [6, 6.07) is 14.0. The van der Waals surface area contributed by atoms with Crippen molar-refractivity contribution < 1.29 is 24.2 Å². The van der Waals surface area contributed by atoms with Crippen molar-refractivity contribution in [1.29, 1.82) is 0 Å². The van der Waals surface area contributed by atoms with Gasteiger partial charge in [0.05, 0.1) is 31.1 Å². The summed E-state index contributed by atoms with van der Waals surface area (Å²) in [5.74, 6) is -0.764. The highest BCUT2D eigenvalue weighted by atomic mass is 16.6. The number of hydrogen-bond donors (Lipinski definition) is 1. The number of aliphatic hydroxyl groups excluding tert-OH is 1. The molecule has 27 heavy (non-hydrogen) atoms. The van der Waals surface area contributed by atoms with Crippen molar-refractivity contribution in [2.45, 2.75) is 18.9 Å². The number of fused-ring (bicyclic) bond motifs is 1. The van der Waals surface area contributed by atoms with Crippen LogP contribution >= 0.6 is 0 Å². The molecule has 0 fully saturated rings. The highest BCUT2D eigenvalue weighted by Gasteiger charge is 2.30. The summed E-state index contributed by atoms with van der Waals surface area (Å²) < 4.78 is 9.79. The third-order valence-corrected chi connectivity index (χ3v) is 4.48. The van der Waals surface area contributed by atoms with Gasteiger partial charge in [-0.3, -0.25) is 4.90 Å². The fraction of sp³-hybridized carbons (Fsp3) is 0.238. The highest BCUT2D eigenvalue weighted by Crippen LogP contribution is 2.40. The molecule has 2 aromatic carbocycles. The molecule has 3 rings (SSSR count). The molecule has 0 bridgehead atoms. The van der Waals surface area contributed by atoms with Crippen molar-refractivity contribution in [1.82, 2.24) is 0 Å². The summed E-state index contributed by atoms with van der Waals surface area (Å²) in [6.07, 6.45) is 2.10. The molecule has 0 radical (unpaired) electrons. The highest BCUT2D eigenvalue weighted by molar-refractivity contribution is 5.92. The first-order chi connectivity index (χ1) is 13.1. The van der Waals surface area contributed by atoms with E-state index in [1.807, 2.05) is 24.3 Å². The van der Waals surface area contributed by atoms with Gasteiger partial charge in [0.1, 0.15) is 0 Å². The van der Waals surface area contributed by atoms with E-state index in [9.17, 15) is 14.7 Å². The number of hydrogen-bond acceptors (Lipinski definition) is 5. The Morgan fingerprint density at radius 3 is 2.52 bits per heavy atom. The Bertz CT molecular complexity index is 859. The van der Waals surface area contributed by atoms with E-state index in [-0.39, 0.29) is 12.5 Å². The van der Waals surface area contributed by atoms with Gasteiger partial charge < -0.3 is 14.6 Å². The molecule has 2 unspecified atom stereocenters. The molecule has 0 aromatic heterocycles. The van der Waals surface area contributed by atoms with Crippen LogP contribution in [0.4, 0.5) is 10.5 Å². The third-order valence-electron chi connectivity index (χ3n) is 4.48. The number of esters is 1. The normalized spacial score (nSPS) is 16.4. The Balaban J connectivity index is 1.90. The van der Waals surface area contributed by atoms with Crippen molar-refractivity contribution in [2.75, 3.05) is 18.6 Å². The largest absolute Gasteiger partial charge is 0.465 e. The zero-order chi connectivity index (χ0) is 19.4. The molecule has 2 atom stereocenters. The number of benzene rings is 2. The molecule has 1 heterocycles. The van der Waals surface area contributed by atoms with Crippen LogP contribution in [0.3, 0.4) is 0 Å². The van der Waals surface area contributed by atoms with Crippen LogP contribution in [-0.2, 0) is 9.47 Å². The number of anilines is 1. The first-order valence-electron chi connectivity index (χ1n) is 8.66. The minimum atomic E-state index is -0.835. The molecule has 0 spiro atoms. The van der Waals surface area contributed by atoms with E-state index in [1.54, 1.807) is 43.5 Å². The third kappa shape index (κ3) is 3.71. The average molecular weight is 367 g/mol. The summed E-state index contributed by atoms with van der Waals surface area (Å²) in [5, 5.41) is 10.9. The van der Waals surface area contributed by atoms with Crippen LogP contribution in [-0.4, -0.2) is 30.9 Å². The van der Waals surface area contributed by atoms with Crippen LogP contribution in [0.15, 0.2) is 60.8 Å². The van der Waals surface area contributed by atoms with Gasteiger partial charge in [0.25, 0.3) is 0 Å². The SMILES string of the molecule is CCOC(=O)N1C=CC(C(O)c2ccc(C(=O)OC)cc2)c2ccccc21. The van der Waals surface area contributed by atoms with Crippen LogP contribution in [0.5, 0.6) is 0 Å². The van der Waals surface area contributed by atoms with Gasteiger partial charge in [0.2, 0.25) is 0 Å². The molecule has 0 saturated heterocycles. The van der Waals surface area contributed by atoms with Crippen LogP contribution in [0, 0.1) is 0 Å². The van der Waals surface area contributed by atoms with Crippen molar-refractivity contribution in [3.63, 3.8) is 0 Å². The number of rotatable bonds is 4. The molecule has 0 aliphatic carbocycles. The summed E-state index contributed by atoms with van der Waals surface area (Å²) in [7, 11) is 1.32. The van der Waals surface area contributed by atoms with E-state index >= 15 is 0 Å². The average Bonchev–Trinajstić information content (AvgIpc) is 2.72. The monoisotopic (exact) mass is 367 g/mol. The fourth-order valence-corrected chi connectivity index (χ4v) is 3.12. The molecule has 1 N–H and O–H groups in total. The number of carbonyl (C=O) groups is 2. The predicted molar refractivity (Wildman–Crippen MR) is 101 cm³/mol. The second-order valence-electron chi connectivity index (χ2n) is 6.05. The lowest BCUT2D eigenvalue weighted by molar-refractivity contribution is 0.0600. The van der Waals surface area contributed by atoms with Crippen LogP contribution < -0.4 is 4.90 Å². The first-order valence-corrected chi connectivity index (χ1v) is 8.66. The Morgan fingerprint density at radius 2 is 1.85 bits per heavy atom. The first kappa shape index (κ1) is 18.7. The molecular weight excluding hydrogens is 346 g/mol. The lowest BCUT2D eigenvalue weighted by Gasteiger charge is -2.31. The number of aliphatic hydroxyl groups is 1. The van der Waals surface area contributed by atoms with Crippen molar-refractivity contribution in [3.8, 4) is 0 Å². The number of methoxy groups -OCH3 is 1. The quantitative estimate of drug-likeness (QED) is 0.832. The number of carbonyl (C=O) groups excluding carboxylic acids is 2. The van der Waals surface area contributed by atoms with E-state index < -0.39 is 18.2 Å². The van der Waals surface area contributed by atoms with Gasteiger partial charge in [-0.05, 0) is 36.2 Å². The van der Waals surface area contributed by atoms with E-state index in [4.69, 9.17) is 9.47 Å². The number of para-hydroxylation sites is 1. The van der Waals surface area contributed by atoms with Gasteiger partial charge in [-0.1, -0.05) is 36.4 Å². The summed E-state index contributed by atoms with van der Waals surface area (Å²) in [5.41, 5.74) is 2.57. The number of nitrogens with zero attached hydrogens (tertiary/aromatic N) is 1. The molecule has 140 valence electrons. The minimum Gasteiger partial charge on any atom is -0.465 e. The molecule has 1 aliphatic rings. The van der Waals surface area contributed by atoms with Gasteiger partial charge >= 0.3 is 12.1 Å². The molecule has 0 saturated carbocycles. The Morgan fingerprint density at radius 1 is 1.15 bits per heavy atom. The standard InChI is InChI=1S/C21H21NO5/c1-3-27-21(25)22-13-12-17(16-6-4-5-7-18(16)22)19(23)14-8-10-15(11-9-14)20(24)26-2/h4-13,17,19,23H,3H2,1-2H3. The summed E-state index contributed by atoms with van der Waals surface area (Å²) >= 11 is 0. The van der Waals surface area contributed by atoms with Crippen LogP contribution in [0.1, 0.15) is 40.4 Å². The molecule has 1 amide bonds. The maximum atomic E-state index is 12.2. The second-order valence-corrected chi connectivity index (χ2v) is 6.05. The van der Waals surface area contributed by atoms with Gasteiger partial charge in [-0.25, -0.2) is 9.59 Å². The smallest absolute Gasteiger partial charge is 0.418 e. The molecule has 1 aliphatic heterocycles. The van der Waals surface area contributed by atoms with Crippen LogP contribution in [0.25, 0.3) is 0 Å². The zero-order valence-electron chi connectivity index (χ0n) is 15.2. The van der Waals surface area contributed by atoms with Gasteiger partial charge in [-0.15, -0.1) is 0 Å². The molecule has 6 nitrogen and oxygen atoms in total. The molecule has 2 aromatic rings. The van der Waals surface area contributed by atoms with Gasteiger partial charge in [0.15, 0.2) is 0 Å². The minimum absolute atomic E-state index is 0.282. The van der Waals surface area contributed by atoms with E-state index in [2.05, 4.69) is 0 Å². The Labute approximate surface area is 157 Å². The second kappa shape index (κ2) is 8.05. The van der Waals surface area contributed by atoms with Crippen molar-refractivity contribution >= 4 is 17.7 Å². The van der Waals surface area contributed by atoms with Crippen LogP contribution in [0.2, 0.25) is 0 Å². The zero-order valence-corrected chi connectivity index (χ0v) is 15.2. The topological polar surface area (TPSA) is 76.1 Å². The maximum Gasteiger partial charge on any atom is 0.418 e. The summed E-state index contributed by atoms with van der Waals surface area (Å²) in [6.45, 7) is 2.03. The molecular formula is C21H21NO5. The number of amides is 1. The maximum absolute atomic E-state index is 12.2. The lowest BCUT2D eigenvalue weighted by atomic mass is 9.86. The van der Waals surface area contributed by atoms with E-state index in [0.717, 1.165) is 5.56 Å². The van der Waals surface area contributed by atoms with Crippen molar-refractivity contribution in [2.24, 2.45) is 0 Å². The summed E-state index contributed by atoms with van der Waals surface area (Å²) in [4.78, 5) is 25.2. The Kier molecular flexibility index (Phi) is 5.57. The van der Waals surface area contributed by atoms with Gasteiger partial charge in [-0.2, -0.15) is 0 Å². The molecule has 6 heteroatoms. The lowest BCUT2D eigenvalue weighted by Crippen LogP contribution is -2.30. The number of ether oxygens (including phenoxy) is 2. The predicted octanol–water partition coefficient (Wildman–Crippen LogP) is 3.78. The van der Waals surface area contributed by atoms with Crippen molar-refractivity contribution in [3.05, 3.63) is 77.5 Å². The van der Waals surface area contributed by atoms with E-state index in [0.29, 0.717) is 16.8 Å². The Hall–Kier alpha value is -3.12.